The predicted molar refractivity (Wildman–Crippen MR) is 169 cm³/mol. The van der Waals surface area contributed by atoms with Gasteiger partial charge >= 0.3 is 0 Å². The quantitative estimate of drug-likeness (QED) is 0.193. The number of hydrogen-bond acceptors (Lipinski definition) is 5. The number of fused-ring (bicyclic) bond motifs is 4. The van der Waals surface area contributed by atoms with Crippen molar-refractivity contribution in [3.63, 3.8) is 0 Å². The molecule has 7 rings (SSSR count). The Kier molecular flexibility index (Phi) is 7.11. The minimum Gasteiger partial charge on any atom is -0.493 e. The van der Waals surface area contributed by atoms with E-state index in [-0.39, 0.29) is 17.7 Å². The van der Waals surface area contributed by atoms with E-state index in [0.717, 1.165) is 69.8 Å². The molecule has 4 aromatic carbocycles. The number of hydrogen-bond donors (Lipinski definition) is 0. The minimum absolute atomic E-state index is 0.0590. The van der Waals surface area contributed by atoms with Crippen molar-refractivity contribution in [1.82, 2.24) is 4.90 Å². The number of nitrogens with zero attached hydrogens (tertiary/aromatic N) is 2. The Morgan fingerprint density at radius 3 is 2.23 bits per heavy atom. The first-order valence-electron chi connectivity index (χ1n) is 14.9. The van der Waals surface area contributed by atoms with Gasteiger partial charge in [-0.3, -0.25) is 14.6 Å². The van der Waals surface area contributed by atoms with Crippen molar-refractivity contribution in [2.45, 2.75) is 32.2 Å². The number of carbonyl (C=O) groups excluding carboxylic acids is 2. The van der Waals surface area contributed by atoms with Crippen LogP contribution in [0.2, 0.25) is 0 Å². The van der Waals surface area contributed by atoms with E-state index in [0.29, 0.717) is 30.9 Å². The fourth-order valence-corrected chi connectivity index (χ4v) is 6.17. The molecule has 1 amide bonds. The average Bonchev–Trinajstić information content (AvgIpc) is 3.47. The lowest BCUT2D eigenvalue weighted by molar-refractivity contribution is 0.0774. The molecule has 1 atom stereocenters. The van der Waals surface area contributed by atoms with Gasteiger partial charge in [-0.15, -0.1) is 0 Å². The lowest BCUT2D eigenvalue weighted by Gasteiger charge is -2.21. The van der Waals surface area contributed by atoms with Gasteiger partial charge in [-0.25, -0.2) is 0 Å². The number of ether oxygens (including phenoxy) is 2. The van der Waals surface area contributed by atoms with Gasteiger partial charge in [0.2, 0.25) is 0 Å². The monoisotopic (exact) mass is 568 g/mol. The number of ketones is 1. The Morgan fingerprint density at radius 2 is 1.51 bits per heavy atom. The van der Waals surface area contributed by atoms with Crippen molar-refractivity contribution in [3.8, 4) is 11.5 Å². The van der Waals surface area contributed by atoms with E-state index in [9.17, 15) is 9.59 Å². The smallest absolute Gasteiger partial charge is 0.256 e. The molecule has 1 fully saturated rings. The van der Waals surface area contributed by atoms with Gasteiger partial charge in [0.1, 0.15) is 11.5 Å². The van der Waals surface area contributed by atoms with Crippen LogP contribution in [-0.2, 0) is 0 Å². The van der Waals surface area contributed by atoms with Crippen molar-refractivity contribution < 1.29 is 19.1 Å². The van der Waals surface area contributed by atoms with Crippen LogP contribution in [0, 0.1) is 6.92 Å². The van der Waals surface area contributed by atoms with Gasteiger partial charge in [-0.2, -0.15) is 0 Å². The van der Waals surface area contributed by atoms with E-state index in [1.165, 1.54) is 0 Å². The van der Waals surface area contributed by atoms with E-state index in [1.54, 1.807) is 0 Å². The molecular weight excluding hydrogens is 536 g/mol. The molecule has 0 spiro atoms. The maximum atomic E-state index is 13.0. The third-order valence-corrected chi connectivity index (χ3v) is 8.40. The van der Waals surface area contributed by atoms with Gasteiger partial charge < -0.3 is 14.4 Å². The molecule has 0 N–H and O–H groups in total. The van der Waals surface area contributed by atoms with Crippen LogP contribution in [0.15, 0.2) is 89.9 Å². The normalized spacial score (nSPS) is 16.6. The van der Waals surface area contributed by atoms with Crippen molar-refractivity contribution in [1.29, 1.82) is 0 Å². The van der Waals surface area contributed by atoms with Crippen LogP contribution < -0.4 is 9.47 Å². The maximum Gasteiger partial charge on any atom is 0.256 e. The van der Waals surface area contributed by atoms with Crippen LogP contribution in [0.1, 0.15) is 67.8 Å². The molecule has 214 valence electrons. The molecule has 1 saturated heterocycles. The molecule has 6 nitrogen and oxygen atoms in total. The van der Waals surface area contributed by atoms with Crippen molar-refractivity contribution in [3.05, 3.63) is 124 Å². The number of rotatable bonds is 7. The molecule has 0 unspecified atom stereocenters. The summed E-state index contributed by atoms with van der Waals surface area (Å²) in [5, 5.41) is 0. The van der Waals surface area contributed by atoms with Crippen LogP contribution in [-0.4, -0.2) is 48.6 Å². The van der Waals surface area contributed by atoms with Gasteiger partial charge in [0.05, 0.1) is 30.5 Å². The lowest BCUT2D eigenvalue weighted by atomic mass is 9.81. The third kappa shape index (κ3) is 5.14. The second kappa shape index (κ2) is 11.4. The van der Waals surface area contributed by atoms with E-state index < -0.39 is 0 Å². The van der Waals surface area contributed by atoms with Gasteiger partial charge in [0.15, 0.2) is 5.78 Å². The lowest BCUT2D eigenvalue weighted by Crippen LogP contribution is -2.35. The first-order chi connectivity index (χ1) is 21.1. The van der Waals surface area contributed by atoms with Crippen LogP contribution in [0.5, 0.6) is 11.5 Å². The number of carbonyl (C=O) groups is 2. The molecule has 2 heterocycles. The molecule has 2 aliphatic heterocycles. The zero-order chi connectivity index (χ0) is 29.3. The average molecular weight is 569 g/mol. The standard InChI is InChI=1S/C37H32N2O4/c1-24-20-33-34(38-23-26-8-6-17-39(26)37(33)41)22-35(24)43-19-7-18-42-27-15-13-25(14-16-27)21-32-28-9-2-4-11-30(28)36(40)31-12-5-3-10-29(31)32/h2-5,9-16,20-23,26H,6-8,17-19H2,1H3/t26-/m0/s1. The van der Waals surface area contributed by atoms with E-state index >= 15 is 0 Å². The summed E-state index contributed by atoms with van der Waals surface area (Å²) in [6.07, 6.45) is 6.74. The number of aryl methyl sites for hydroxylation is 1. The Morgan fingerprint density at radius 1 is 0.837 bits per heavy atom. The molecule has 6 heteroatoms. The number of aliphatic imine (C=N–C) groups is 1. The molecule has 0 aromatic heterocycles. The van der Waals surface area contributed by atoms with Crippen molar-refractivity contribution in [2.24, 2.45) is 4.99 Å². The Labute approximate surface area is 251 Å². The molecule has 43 heavy (non-hydrogen) atoms. The summed E-state index contributed by atoms with van der Waals surface area (Å²) in [4.78, 5) is 32.6. The molecule has 3 aliphatic rings. The van der Waals surface area contributed by atoms with E-state index in [1.807, 2.05) is 103 Å². The topological polar surface area (TPSA) is 68.2 Å². The Balaban J connectivity index is 0.976. The molecule has 0 radical (unpaired) electrons. The zero-order valence-corrected chi connectivity index (χ0v) is 24.1. The molecule has 0 bridgehead atoms. The fraction of sp³-hybridized carbons (Fsp3) is 0.216. The van der Waals surface area contributed by atoms with Crippen molar-refractivity contribution >= 4 is 35.2 Å². The highest BCUT2D eigenvalue weighted by Crippen LogP contribution is 2.37. The summed E-state index contributed by atoms with van der Waals surface area (Å²) in [7, 11) is 0. The molecule has 4 aromatic rings. The SMILES string of the molecule is Cc1cc2c(cc1OCCCOc1ccc(C=C3c4ccccc4C(=O)c4ccccc43)cc1)N=C[C@@H]1CCCN1C2=O. The summed E-state index contributed by atoms with van der Waals surface area (Å²) in [5.41, 5.74) is 7.71. The highest BCUT2D eigenvalue weighted by atomic mass is 16.5. The summed E-state index contributed by atoms with van der Waals surface area (Å²) in [6.45, 7) is 3.76. The van der Waals surface area contributed by atoms with E-state index in [2.05, 4.69) is 11.1 Å². The summed E-state index contributed by atoms with van der Waals surface area (Å²) >= 11 is 0. The number of amides is 1. The fourth-order valence-electron chi connectivity index (χ4n) is 6.17. The van der Waals surface area contributed by atoms with Gasteiger partial charge in [0, 0.05) is 36.4 Å². The molecular formula is C37H32N2O4. The highest BCUT2D eigenvalue weighted by Gasteiger charge is 2.32. The van der Waals surface area contributed by atoms with Crippen molar-refractivity contribution in [2.75, 3.05) is 19.8 Å². The molecule has 1 aliphatic carbocycles. The van der Waals surface area contributed by atoms with Crippen LogP contribution in [0.25, 0.3) is 11.6 Å². The zero-order valence-electron chi connectivity index (χ0n) is 24.1. The van der Waals surface area contributed by atoms with E-state index in [4.69, 9.17) is 9.47 Å². The Bertz CT molecular complexity index is 1740. The molecule has 0 saturated carbocycles. The third-order valence-electron chi connectivity index (χ3n) is 8.40. The summed E-state index contributed by atoms with van der Waals surface area (Å²) < 4.78 is 12.1. The van der Waals surface area contributed by atoms with Crippen LogP contribution >= 0.6 is 0 Å². The van der Waals surface area contributed by atoms with Crippen LogP contribution in [0.4, 0.5) is 5.69 Å². The van der Waals surface area contributed by atoms with Gasteiger partial charge in [0.25, 0.3) is 5.91 Å². The number of benzene rings is 4. The summed E-state index contributed by atoms with van der Waals surface area (Å²) in [6, 6.07) is 27.5. The maximum absolute atomic E-state index is 13.0. The first-order valence-corrected chi connectivity index (χ1v) is 14.9. The first kappa shape index (κ1) is 26.9. The summed E-state index contributed by atoms with van der Waals surface area (Å²) in [5.74, 6) is 1.66. The van der Waals surface area contributed by atoms with Gasteiger partial charge in [-0.1, -0.05) is 60.7 Å². The predicted octanol–water partition coefficient (Wildman–Crippen LogP) is 7.30. The Hall–Kier alpha value is -4.97. The largest absolute Gasteiger partial charge is 0.493 e. The second-order valence-electron chi connectivity index (χ2n) is 11.2. The second-order valence-corrected chi connectivity index (χ2v) is 11.2. The van der Waals surface area contributed by atoms with Crippen LogP contribution in [0.3, 0.4) is 0 Å². The van der Waals surface area contributed by atoms with Gasteiger partial charge in [-0.05, 0) is 71.9 Å². The minimum atomic E-state index is 0.0590. The highest BCUT2D eigenvalue weighted by molar-refractivity contribution is 6.20.